The number of likely N-dealkylation sites (tertiary alicyclic amines) is 1. The fourth-order valence-electron chi connectivity index (χ4n) is 4.21. The van der Waals surface area contributed by atoms with E-state index in [4.69, 9.17) is 18.9 Å². The third-order valence-corrected chi connectivity index (χ3v) is 5.82. The molecule has 3 atom stereocenters. The Morgan fingerprint density at radius 1 is 1.05 bits per heavy atom. The van der Waals surface area contributed by atoms with Crippen molar-refractivity contribution in [3.63, 3.8) is 0 Å². The Hall–Kier alpha value is -3.49. The van der Waals surface area contributed by atoms with E-state index in [0.29, 0.717) is 0 Å². The number of rotatable bonds is 6. The number of halogens is 3. The van der Waals surface area contributed by atoms with Crippen LogP contribution in [0.1, 0.15) is 59.6 Å². The summed E-state index contributed by atoms with van der Waals surface area (Å²) in [5, 5.41) is 10.2. The van der Waals surface area contributed by atoms with Gasteiger partial charge in [0.05, 0.1) is 31.2 Å². The quantitative estimate of drug-likeness (QED) is 0.299. The number of hydrogen-bond donors (Lipinski definition) is 1. The normalized spacial score (nSPS) is 20.9. The minimum absolute atomic E-state index is 0.0696. The van der Waals surface area contributed by atoms with Gasteiger partial charge in [0.2, 0.25) is 5.91 Å². The molecule has 2 unspecified atom stereocenters. The number of anilines is 1. The molecule has 40 heavy (non-hydrogen) atoms. The van der Waals surface area contributed by atoms with Crippen LogP contribution < -0.4 is 5.32 Å². The topological polar surface area (TPSA) is 146 Å². The lowest BCUT2D eigenvalue weighted by molar-refractivity contribution is -0.207. The number of piperidine rings is 1. The zero-order valence-electron chi connectivity index (χ0n) is 23.7. The molecule has 3 amide bonds. The van der Waals surface area contributed by atoms with E-state index in [1.165, 1.54) is 40.0 Å². The Morgan fingerprint density at radius 3 is 2.10 bits per heavy atom. The highest BCUT2D eigenvalue weighted by Gasteiger charge is 2.64. The average Bonchev–Trinajstić information content (AvgIpc) is 2.80. The molecule has 0 radical (unpaired) electrons. The molecule has 1 saturated heterocycles. The molecule has 0 aliphatic carbocycles. The molecule has 1 N–H and O–H groups in total. The molecule has 1 aliphatic heterocycles. The van der Waals surface area contributed by atoms with E-state index in [1.807, 2.05) is 0 Å². The molecule has 1 aromatic heterocycles. The number of imide groups is 1. The van der Waals surface area contributed by atoms with Gasteiger partial charge in [0.25, 0.3) is 0 Å². The van der Waals surface area contributed by atoms with Gasteiger partial charge >= 0.3 is 24.3 Å². The standard InChI is InChI=1S/C25H35F3N4O8/c1-22(2,3)39-20(35)29-17-10-9-16(30-31-17)15(13-37-7)24(19(34)38-8)11-14(25(26,27)28)12-32(18(24)33)21(36)40-23(4,5)6/h9-10,14-15H,11-13H2,1-8H3,(H,29,31,35)/t14-,15?,24?/m1/s1. The first-order chi connectivity index (χ1) is 18.2. The summed E-state index contributed by atoms with van der Waals surface area (Å²) in [5.41, 5.74) is -4.66. The summed E-state index contributed by atoms with van der Waals surface area (Å²) in [4.78, 5) is 52.4. The van der Waals surface area contributed by atoms with Crippen LogP contribution >= 0.6 is 0 Å². The third-order valence-electron chi connectivity index (χ3n) is 5.82. The highest BCUT2D eigenvalue weighted by Crippen LogP contribution is 2.50. The van der Waals surface area contributed by atoms with Crippen molar-refractivity contribution >= 4 is 29.9 Å². The Kier molecular flexibility index (Phi) is 9.77. The first-order valence-corrected chi connectivity index (χ1v) is 12.3. The molecule has 0 bridgehead atoms. The Balaban J connectivity index is 2.62. The number of methoxy groups -OCH3 is 2. The summed E-state index contributed by atoms with van der Waals surface area (Å²) in [6.07, 6.45) is -8.13. The van der Waals surface area contributed by atoms with Crippen molar-refractivity contribution in [3.8, 4) is 0 Å². The van der Waals surface area contributed by atoms with Gasteiger partial charge in [0.15, 0.2) is 11.2 Å². The predicted molar refractivity (Wildman–Crippen MR) is 133 cm³/mol. The van der Waals surface area contributed by atoms with E-state index >= 15 is 0 Å². The molecule has 15 heteroatoms. The van der Waals surface area contributed by atoms with Crippen molar-refractivity contribution in [2.45, 2.75) is 71.3 Å². The number of carbonyl (C=O) groups excluding carboxylic acids is 4. The smallest absolute Gasteiger partial charge is 0.417 e. The van der Waals surface area contributed by atoms with Gasteiger partial charge < -0.3 is 18.9 Å². The van der Waals surface area contributed by atoms with E-state index in [9.17, 15) is 32.3 Å². The maximum absolute atomic E-state index is 14.1. The Bertz CT molecular complexity index is 1100. The Morgan fingerprint density at radius 2 is 1.65 bits per heavy atom. The molecule has 0 saturated carbocycles. The summed E-state index contributed by atoms with van der Waals surface area (Å²) in [5.74, 6) is -6.42. The van der Waals surface area contributed by atoms with E-state index in [1.54, 1.807) is 20.8 Å². The molecule has 0 spiro atoms. The summed E-state index contributed by atoms with van der Waals surface area (Å²) in [6, 6.07) is 2.52. The van der Waals surface area contributed by atoms with Crippen molar-refractivity contribution in [2.24, 2.45) is 11.3 Å². The lowest BCUT2D eigenvalue weighted by Crippen LogP contribution is -2.63. The van der Waals surface area contributed by atoms with Crippen molar-refractivity contribution in [1.29, 1.82) is 0 Å². The van der Waals surface area contributed by atoms with Gasteiger partial charge in [-0.3, -0.25) is 14.9 Å². The monoisotopic (exact) mass is 576 g/mol. The van der Waals surface area contributed by atoms with Gasteiger partial charge in [-0.25, -0.2) is 14.5 Å². The maximum atomic E-state index is 14.1. The Labute approximate surface area is 229 Å². The SMILES string of the molecule is COCC(c1ccc(NC(=O)OC(C)(C)C)nn1)C1(C(=O)OC)C[C@@H](C(F)(F)F)CN(C(=O)OC(C)(C)C)C1=O. The average molecular weight is 577 g/mol. The molecule has 2 rings (SSSR count). The second-order valence-electron chi connectivity index (χ2n) is 11.3. The summed E-state index contributed by atoms with van der Waals surface area (Å²) in [6.45, 7) is 7.86. The van der Waals surface area contributed by atoms with Crippen LogP contribution in [0.25, 0.3) is 0 Å². The van der Waals surface area contributed by atoms with Gasteiger partial charge in [-0.15, -0.1) is 5.10 Å². The number of carbonyl (C=O) groups is 4. The number of aromatic nitrogens is 2. The number of ether oxygens (including phenoxy) is 4. The second kappa shape index (κ2) is 11.9. The molecule has 0 aromatic carbocycles. The van der Waals surface area contributed by atoms with E-state index in [0.717, 1.165) is 7.11 Å². The second-order valence-corrected chi connectivity index (χ2v) is 11.3. The lowest BCUT2D eigenvalue weighted by atomic mass is 9.65. The van der Waals surface area contributed by atoms with Crippen molar-refractivity contribution in [2.75, 3.05) is 32.7 Å². The molecule has 1 fully saturated rings. The van der Waals surface area contributed by atoms with Crippen LogP contribution in [0.5, 0.6) is 0 Å². The van der Waals surface area contributed by atoms with Gasteiger partial charge in [0.1, 0.15) is 11.2 Å². The van der Waals surface area contributed by atoms with Gasteiger partial charge in [-0.2, -0.15) is 18.3 Å². The number of hydrogen-bond acceptors (Lipinski definition) is 10. The first kappa shape index (κ1) is 32.7. The van der Waals surface area contributed by atoms with Gasteiger partial charge in [-0.1, -0.05) is 0 Å². The number of esters is 1. The number of alkyl halides is 3. The molecule has 1 aromatic rings. The molecular formula is C25H35F3N4O8. The van der Waals surface area contributed by atoms with Crippen molar-refractivity contribution < 1.29 is 51.3 Å². The first-order valence-electron chi connectivity index (χ1n) is 12.3. The lowest BCUT2D eigenvalue weighted by Gasteiger charge is -2.45. The van der Waals surface area contributed by atoms with E-state index in [-0.39, 0.29) is 16.4 Å². The van der Waals surface area contributed by atoms with Crippen LogP contribution in [-0.4, -0.2) is 83.9 Å². The van der Waals surface area contributed by atoms with Gasteiger partial charge in [-0.05, 0) is 60.1 Å². The number of nitrogens with one attached hydrogen (secondary N) is 1. The van der Waals surface area contributed by atoms with Crippen LogP contribution in [0.3, 0.4) is 0 Å². The van der Waals surface area contributed by atoms with Gasteiger partial charge in [0, 0.05) is 13.7 Å². The zero-order chi connectivity index (χ0) is 30.7. The summed E-state index contributed by atoms with van der Waals surface area (Å²) >= 11 is 0. The molecule has 2 heterocycles. The highest BCUT2D eigenvalue weighted by molar-refractivity contribution is 6.09. The highest BCUT2D eigenvalue weighted by atomic mass is 19.4. The largest absolute Gasteiger partial charge is 0.468 e. The van der Waals surface area contributed by atoms with E-state index < -0.39 is 78.3 Å². The summed E-state index contributed by atoms with van der Waals surface area (Å²) in [7, 11) is 2.12. The number of amides is 3. The van der Waals surface area contributed by atoms with Crippen LogP contribution in [0, 0.1) is 11.3 Å². The maximum Gasteiger partial charge on any atom is 0.417 e. The summed E-state index contributed by atoms with van der Waals surface area (Å²) < 4.78 is 62.8. The van der Waals surface area contributed by atoms with E-state index in [2.05, 4.69) is 15.5 Å². The fourth-order valence-corrected chi connectivity index (χ4v) is 4.21. The molecule has 1 aliphatic rings. The van der Waals surface area contributed by atoms with Crippen LogP contribution in [0.4, 0.5) is 28.6 Å². The minimum Gasteiger partial charge on any atom is -0.468 e. The van der Waals surface area contributed by atoms with Crippen LogP contribution in [0.2, 0.25) is 0 Å². The zero-order valence-corrected chi connectivity index (χ0v) is 23.7. The number of nitrogens with zero attached hydrogens (tertiary/aromatic N) is 3. The predicted octanol–water partition coefficient (Wildman–Crippen LogP) is 4.06. The van der Waals surface area contributed by atoms with Crippen molar-refractivity contribution in [3.05, 3.63) is 17.8 Å². The van der Waals surface area contributed by atoms with Crippen molar-refractivity contribution in [1.82, 2.24) is 15.1 Å². The molecular weight excluding hydrogens is 541 g/mol. The molecule has 224 valence electrons. The molecule has 12 nitrogen and oxygen atoms in total. The fraction of sp³-hybridized carbons (Fsp3) is 0.680. The van der Waals surface area contributed by atoms with Crippen LogP contribution in [-0.2, 0) is 28.5 Å². The van der Waals surface area contributed by atoms with Crippen LogP contribution in [0.15, 0.2) is 12.1 Å². The minimum atomic E-state index is -4.90. The third kappa shape index (κ3) is 7.79.